The number of rotatable bonds is 8. The third kappa shape index (κ3) is 4.58. The summed E-state index contributed by atoms with van der Waals surface area (Å²) in [4.78, 5) is 12.2. The minimum atomic E-state index is -0.209. The lowest BCUT2D eigenvalue weighted by molar-refractivity contribution is 0.0929. The van der Waals surface area contributed by atoms with E-state index in [1.165, 1.54) is 12.8 Å². The molecule has 0 fully saturated rings. The first kappa shape index (κ1) is 17.1. The van der Waals surface area contributed by atoms with Crippen LogP contribution in [0.4, 0.5) is 0 Å². The van der Waals surface area contributed by atoms with Gasteiger partial charge in [0.25, 0.3) is 5.91 Å². The highest BCUT2D eigenvalue weighted by Crippen LogP contribution is 2.29. The van der Waals surface area contributed by atoms with E-state index in [4.69, 9.17) is 9.26 Å². The van der Waals surface area contributed by atoms with Crippen LogP contribution in [-0.2, 0) is 0 Å². The maximum Gasteiger partial charge on any atom is 0.273 e. The van der Waals surface area contributed by atoms with Crippen molar-refractivity contribution in [3.63, 3.8) is 0 Å². The van der Waals surface area contributed by atoms with Crippen LogP contribution in [0.15, 0.2) is 34.9 Å². The van der Waals surface area contributed by atoms with Gasteiger partial charge in [-0.25, -0.2) is 0 Å². The Kier molecular flexibility index (Phi) is 6.20. The summed E-state index contributed by atoms with van der Waals surface area (Å²) in [6, 6.07) is 9.24. The molecular weight excluding hydrogens is 292 g/mol. The first-order chi connectivity index (χ1) is 11.2. The quantitative estimate of drug-likeness (QED) is 0.746. The van der Waals surface area contributed by atoms with Crippen LogP contribution in [0.3, 0.4) is 0 Å². The van der Waals surface area contributed by atoms with E-state index in [-0.39, 0.29) is 17.6 Å². The molecule has 0 spiro atoms. The molecule has 0 aliphatic carbocycles. The second kappa shape index (κ2) is 8.36. The third-order valence-electron chi connectivity index (χ3n) is 3.73. The Bertz CT molecular complexity index is 637. The van der Waals surface area contributed by atoms with Crippen LogP contribution in [0.5, 0.6) is 5.75 Å². The second-order valence-electron chi connectivity index (χ2n) is 5.65. The zero-order chi connectivity index (χ0) is 16.7. The summed E-state index contributed by atoms with van der Waals surface area (Å²) >= 11 is 0. The molecule has 0 saturated heterocycles. The Morgan fingerprint density at radius 1 is 1.35 bits per heavy atom. The van der Waals surface area contributed by atoms with Crippen LogP contribution in [-0.4, -0.2) is 24.2 Å². The summed E-state index contributed by atoms with van der Waals surface area (Å²) in [5.74, 6) is 0.994. The van der Waals surface area contributed by atoms with Crippen molar-refractivity contribution >= 4 is 5.91 Å². The highest BCUT2D eigenvalue weighted by Gasteiger charge is 2.17. The minimum absolute atomic E-state index is 0.125. The van der Waals surface area contributed by atoms with Gasteiger partial charge in [0.2, 0.25) is 0 Å². The predicted molar refractivity (Wildman–Crippen MR) is 89.6 cm³/mol. The van der Waals surface area contributed by atoms with Gasteiger partial charge in [-0.05, 0) is 25.5 Å². The molecule has 2 rings (SSSR count). The number of ether oxygens (including phenoxy) is 1. The Balaban J connectivity index is 2.02. The van der Waals surface area contributed by atoms with Crippen molar-refractivity contribution in [2.24, 2.45) is 0 Å². The Morgan fingerprint density at radius 3 is 2.87 bits per heavy atom. The van der Waals surface area contributed by atoms with Crippen LogP contribution in [0, 0.1) is 0 Å². The van der Waals surface area contributed by atoms with E-state index in [9.17, 15) is 4.79 Å². The average Bonchev–Trinajstić information content (AvgIpc) is 3.05. The standard InChI is InChI=1S/C18H24N2O3/c1-4-5-6-9-13(2)19-18(21)15-12-17(23-20-15)14-10-7-8-11-16(14)22-3/h7-8,10-13H,4-6,9H2,1-3H3,(H,19,21). The van der Waals surface area contributed by atoms with Crippen molar-refractivity contribution in [2.75, 3.05) is 7.11 Å². The molecule has 0 aliphatic rings. The van der Waals surface area contributed by atoms with Crippen LogP contribution in [0.1, 0.15) is 50.0 Å². The number of hydrogen-bond donors (Lipinski definition) is 1. The molecule has 0 bridgehead atoms. The van der Waals surface area contributed by atoms with Crippen molar-refractivity contribution in [1.29, 1.82) is 0 Å². The van der Waals surface area contributed by atoms with E-state index in [1.807, 2.05) is 31.2 Å². The molecule has 2 aromatic rings. The second-order valence-corrected chi connectivity index (χ2v) is 5.65. The van der Waals surface area contributed by atoms with E-state index < -0.39 is 0 Å². The zero-order valence-electron chi connectivity index (χ0n) is 14.0. The summed E-state index contributed by atoms with van der Waals surface area (Å²) in [5.41, 5.74) is 1.06. The van der Waals surface area contributed by atoms with Gasteiger partial charge in [0.05, 0.1) is 12.7 Å². The SMILES string of the molecule is CCCCCC(C)NC(=O)c1cc(-c2ccccc2OC)on1. The topological polar surface area (TPSA) is 64.4 Å². The number of para-hydroxylation sites is 1. The van der Waals surface area contributed by atoms with Gasteiger partial charge in [0.15, 0.2) is 11.5 Å². The van der Waals surface area contributed by atoms with Crippen LogP contribution in [0.2, 0.25) is 0 Å². The fraction of sp³-hybridized carbons (Fsp3) is 0.444. The van der Waals surface area contributed by atoms with Crippen LogP contribution in [0.25, 0.3) is 11.3 Å². The van der Waals surface area contributed by atoms with E-state index in [0.29, 0.717) is 11.5 Å². The molecule has 1 atom stereocenters. The number of methoxy groups -OCH3 is 1. The number of unbranched alkanes of at least 4 members (excludes halogenated alkanes) is 2. The van der Waals surface area contributed by atoms with Crippen LogP contribution < -0.4 is 10.1 Å². The van der Waals surface area contributed by atoms with Gasteiger partial charge in [-0.1, -0.05) is 43.5 Å². The molecule has 124 valence electrons. The molecule has 1 N–H and O–H groups in total. The first-order valence-corrected chi connectivity index (χ1v) is 8.06. The van der Waals surface area contributed by atoms with Crippen molar-refractivity contribution < 1.29 is 14.1 Å². The van der Waals surface area contributed by atoms with Crippen molar-refractivity contribution in [1.82, 2.24) is 10.5 Å². The zero-order valence-corrected chi connectivity index (χ0v) is 14.0. The summed E-state index contributed by atoms with van der Waals surface area (Å²) in [6.07, 6.45) is 4.44. The van der Waals surface area contributed by atoms with Crippen molar-refractivity contribution in [3.8, 4) is 17.1 Å². The van der Waals surface area contributed by atoms with Gasteiger partial charge >= 0.3 is 0 Å². The van der Waals surface area contributed by atoms with E-state index in [2.05, 4.69) is 17.4 Å². The molecular formula is C18H24N2O3. The molecule has 23 heavy (non-hydrogen) atoms. The lowest BCUT2D eigenvalue weighted by Gasteiger charge is -2.11. The summed E-state index contributed by atoms with van der Waals surface area (Å²) in [7, 11) is 1.60. The summed E-state index contributed by atoms with van der Waals surface area (Å²) < 4.78 is 10.6. The fourth-order valence-corrected chi connectivity index (χ4v) is 2.43. The number of nitrogens with one attached hydrogen (secondary N) is 1. The lowest BCUT2D eigenvalue weighted by Crippen LogP contribution is -2.32. The van der Waals surface area contributed by atoms with Gasteiger partial charge in [-0.3, -0.25) is 4.79 Å². The Hall–Kier alpha value is -2.30. The van der Waals surface area contributed by atoms with Gasteiger partial charge in [-0.15, -0.1) is 0 Å². The highest BCUT2D eigenvalue weighted by molar-refractivity contribution is 5.93. The molecule has 5 heteroatoms. The molecule has 1 aromatic heterocycles. The predicted octanol–water partition coefficient (Wildman–Crippen LogP) is 4.05. The van der Waals surface area contributed by atoms with Gasteiger partial charge in [-0.2, -0.15) is 0 Å². The number of carbonyl (C=O) groups excluding carboxylic acids is 1. The van der Waals surface area contributed by atoms with E-state index in [0.717, 1.165) is 18.4 Å². The monoisotopic (exact) mass is 316 g/mol. The van der Waals surface area contributed by atoms with E-state index >= 15 is 0 Å². The first-order valence-electron chi connectivity index (χ1n) is 8.06. The number of hydrogen-bond acceptors (Lipinski definition) is 4. The summed E-state index contributed by atoms with van der Waals surface area (Å²) in [5, 5.41) is 6.83. The third-order valence-corrected chi connectivity index (χ3v) is 3.73. The largest absolute Gasteiger partial charge is 0.496 e. The highest BCUT2D eigenvalue weighted by atomic mass is 16.5. The molecule has 5 nitrogen and oxygen atoms in total. The molecule has 0 radical (unpaired) electrons. The number of carbonyl (C=O) groups is 1. The molecule has 1 heterocycles. The summed E-state index contributed by atoms with van der Waals surface area (Å²) in [6.45, 7) is 4.17. The Labute approximate surface area is 137 Å². The number of amides is 1. The van der Waals surface area contributed by atoms with Crippen LogP contribution >= 0.6 is 0 Å². The average molecular weight is 316 g/mol. The molecule has 1 unspecified atom stereocenters. The maximum atomic E-state index is 12.2. The van der Waals surface area contributed by atoms with Crippen molar-refractivity contribution in [3.05, 3.63) is 36.0 Å². The Morgan fingerprint density at radius 2 is 2.13 bits per heavy atom. The number of aromatic nitrogens is 1. The number of nitrogens with zero attached hydrogens (tertiary/aromatic N) is 1. The normalized spacial score (nSPS) is 12.0. The molecule has 0 aliphatic heterocycles. The van der Waals surface area contributed by atoms with Gasteiger partial charge in [0, 0.05) is 12.1 Å². The maximum absolute atomic E-state index is 12.2. The number of benzene rings is 1. The lowest BCUT2D eigenvalue weighted by atomic mass is 10.1. The molecule has 0 saturated carbocycles. The van der Waals surface area contributed by atoms with Gasteiger partial charge in [0.1, 0.15) is 5.75 Å². The minimum Gasteiger partial charge on any atom is -0.496 e. The van der Waals surface area contributed by atoms with Gasteiger partial charge < -0.3 is 14.6 Å². The smallest absolute Gasteiger partial charge is 0.273 e. The molecule has 1 amide bonds. The molecule has 1 aromatic carbocycles. The van der Waals surface area contributed by atoms with E-state index in [1.54, 1.807) is 13.2 Å². The fourth-order valence-electron chi connectivity index (χ4n) is 2.43. The van der Waals surface area contributed by atoms with Crippen molar-refractivity contribution in [2.45, 2.75) is 45.6 Å².